The van der Waals surface area contributed by atoms with E-state index in [-0.39, 0.29) is 24.8 Å². The summed E-state index contributed by atoms with van der Waals surface area (Å²) in [7, 11) is 1.60. The Labute approximate surface area is 125 Å². The molecule has 1 rings (SSSR count). The highest BCUT2D eigenvalue weighted by molar-refractivity contribution is 5.86. The van der Waals surface area contributed by atoms with Crippen molar-refractivity contribution in [2.24, 2.45) is 5.92 Å². The predicted octanol–water partition coefficient (Wildman–Crippen LogP) is 0.367. The fourth-order valence-electron chi connectivity index (χ4n) is 2.13. The summed E-state index contributed by atoms with van der Waals surface area (Å²) < 4.78 is 10.0. The molecular formula is C14H26N2O5. The summed E-state index contributed by atoms with van der Waals surface area (Å²) in [5.74, 6) is -0.0352. The fraction of sp³-hybridized carbons (Fsp3) is 0.857. The maximum Gasteiger partial charge on any atom is 0.410 e. The molecule has 1 fully saturated rings. The molecule has 122 valence electrons. The Balaban J connectivity index is 2.49. The molecule has 1 aliphatic rings. The zero-order valence-corrected chi connectivity index (χ0v) is 13.0. The first-order chi connectivity index (χ1) is 9.95. The first-order valence-corrected chi connectivity index (χ1v) is 7.33. The summed E-state index contributed by atoms with van der Waals surface area (Å²) >= 11 is 0. The summed E-state index contributed by atoms with van der Waals surface area (Å²) in [6.45, 7) is 5.35. The normalized spacial score (nSPS) is 21.7. The third-order valence-corrected chi connectivity index (χ3v) is 3.18. The zero-order chi connectivity index (χ0) is 15.8. The van der Waals surface area contributed by atoms with Crippen LogP contribution in [0.2, 0.25) is 0 Å². The Hall–Kier alpha value is -1.34. The topological polar surface area (TPSA) is 88.1 Å². The molecule has 2 N–H and O–H groups in total. The molecule has 0 radical (unpaired) electrons. The van der Waals surface area contributed by atoms with Crippen molar-refractivity contribution < 1.29 is 24.2 Å². The van der Waals surface area contributed by atoms with Gasteiger partial charge in [-0.2, -0.15) is 0 Å². The van der Waals surface area contributed by atoms with E-state index >= 15 is 0 Å². The summed E-state index contributed by atoms with van der Waals surface area (Å²) in [4.78, 5) is 25.4. The molecule has 1 heterocycles. The minimum atomic E-state index is -0.689. The van der Waals surface area contributed by atoms with E-state index < -0.39 is 18.2 Å². The summed E-state index contributed by atoms with van der Waals surface area (Å²) in [6, 6.07) is -0.665. The van der Waals surface area contributed by atoms with E-state index in [4.69, 9.17) is 9.47 Å². The molecule has 0 aromatic heterocycles. The van der Waals surface area contributed by atoms with Crippen molar-refractivity contribution in [3.05, 3.63) is 0 Å². The summed E-state index contributed by atoms with van der Waals surface area (Å²) in [6.07, 6.45) is -0.286. The largest absolute Gasteiger partial charge is 0.449 e. The van der Waals surface area contributed by atoms with Crippen LogP contribution in [-0.2, 0) is 14.3 Å². The lowest BCUT2D eigenvalue weighted by Gasteiger charge is -2.23. The molecule has 2 amide bonds. The SMILES string of the molecule is COCCCNC(=O)[C@@H]1CC(O)CN1C(=O)OCC(C)C. The van der Waals surface area contributed by atoms with Gasteiger partial charge >= 0.3 is 6.09 Å². The Kier molecular flexibility index (Phi) is 7.45. The molecule has 0 bridgehead atoms. The van der Waals surface area contributed by atoms with Crippen LogP contribution in [0.25, 0.3) is 0 Å². The van der Waals surface area contributed by atoms with Crippen LogP contribution in [0.5, 0.6) is 0 Å². The van der Waals surface area contributed by atoms with Gasteiger partial charge in [-0.25, -0.2) is 4.79 Å². The van der Waals surface area contributed by atoms with Crippen molar-refractivity contribution in [1.29, 1.82) is 0 Å². The van der Waals surface area contributed by atoms with E-state index in [1.165, 1.54) is 4.90 Å². The molecule has 0 aliphatic carbocycles. The number of nitrogens with one attached hydrogen (secondary N) is 1. The van der Waals surface area contributed by atoms with Crippen LogP contribution < -0.4 is 5.32 Å². The number of aliphatic hydroxyl groups excluding tert-OH is 1. The minimum Gasteiger partial charge on any atom is -0.449 e. The second kappa shape index (κ2) is 8.84. The second-order valence-electron chi connectivity index (χ2n) is 5.67. The molecular weight excluding hydrogens is 276 g/mol. The highest BCUT2D eigenvalue weighted by atomic mass is 16.6. The number of rotatable bonds is 7. The molecule has 2 atom stereocenters. The van der Waals surface area contributed by atoms with Crippen molar-refractivity contribution in [3.8, 4) is 0 Å². The Bertz CT molecular complexity index is 348. The lowest BCUT2D eigenvalue weighted by molar-refractivity contribution is -0.125. The summed E-state index contributed by atoms with van der Waals surface area (Å²) in [5, 5.41) is 12.5. The number of aliphatic hydroxyl groups is 1. The number of hydrogen-bond donors (Lipinski definition) is 2. The first-order valence-electron chi connectivity index (χ1n) is 7.33. The summed E-state index contributed by atoms with van der Waals surface area (Å²) in [5.41, 5.74) is 0. The van der Waals surface area contributed by atoms with Crippen molar-refractivity contribution >= 4 is 12.0 Å². The maximum atomic E-state index is 12.1. The highest BCUT2D eigenvalue weighted by Crippen LogP contribution is 2.19. The van der Waals surface area contributed by atoms with Crippen LogP contribution in [0.3, 0.4) is 0 Å². The third kappa shape index (κ3) is 5.89. The molecule has 1 aliphatic heterocycles. The monoisotopic (exact) mass is 302 g/mol. The van der Waals surface area contributed by atoms with E-state index in [9.17, 15) is 14.7 Å². The standard InChI is InChI=1S/C14H26N2O5/c1-10(2)9-21-14(19)16-8-11(17)7-12(16)13(18)15-5-4-6-20-3/h10-12,17H,4-9H2,1-3H3,(H,15,18)/t11?,12-/m0/s1. The average Bonchev–Trinajstić information content (AvgIpc) is 2.83. The second-order valence-corrected chi connectivity index (χ2v) is 5.67. The average molecular weight is 302 g/mol. The molecule has 21 heavy (non-hydrogen) atoms. The number of methoxy groups -OCH3 is 1. The predicted molar refractivity (Wildman–Crippen MR) is 76.8 cm³/mol. The maximum absolute atomic E-state index is 12.1. The number of nitrogens with zero attached hydrogens (tertiary/aromatic N) is 1. The van der Waals surface area contributed by atoms with Crippen LogP contribution in [0.4, 0.5) is 4.79 Å². The Morgan fingerprint density at radius 3 is 2.76 bits per heavy atom. The van der Waals surface area contributed by atoms with Crippen LogP contribution in [0.15, 0.2) is 0 Å². The molecule has 1 saturated heterocycles. The quantitative estimate of drug-likeness (QED) is 0.663. The number of hydrogen-bond acceptors (Lipinski definition) is 5. The number of β-amino-alcohol motifs (C(OH)–C–C–N with tert-alkyl or cyclic N) is 1. The van der Waals surface area contributed by atoms with Crippen molar-refractivity contribution in [2.75, 3.05) is 33.4 Å². The van der Waals surface area contributed by atoms with Crippen molar-refractivity contribution in [2.45, 2.75) is 38.8 Å². The third-order valence-electron chi connectivity index (χ3n) is 3.18. The van der Waals surface area contributed by atoms with E-state index in [2.05, 4.69) is 5.32 Å². The number of ether oxygens (including phenoxy) is 2. The Morgan fingerprint density at radius 1 is 1.43 bits per heavy atom. The van der Waals surface area contributed by atoms with Gasteiger partial charge in [0, 0.05) is 26.7 Å². The van der Waals surface area contributed by atoms with Gasteiger partial charge in [0.1, 0.15) is 6.04 Å². The number of carbonyl (C=O) groups excluding carboxylic acids is 2. The van der Waals surface area contributed by atoms with Gasteiger partial charge in [0.2, 0.25) is 5.91 Å². The van der Waals surface area contributed by atoms with Gasteiger partial charge in [0.15, 0.2) is 0 Å². The van der Waals surface area contributed by atoms with E-state index in [0.717, 1.165) is 0 Å². The molecule has 0 aromatic carbocycles. The van der Waals surface area contributed by atoms with E-state index in [0.29, 0.717) is 26.2 Å². The van der Waals surface area contributed by atoms with Gasteiger partial charge in [-0.05, 0) is 12.3 Å². The first kappa shape index (κ1) is 17.7. The van der Waals surface area contributed by atoms with Crippen LogP contribution in [-0.4, -0.2) is 67.6 Å². The van der Waals surface area contributed by atoms with E-state index in [1.54, 1.807) is 7.11 Å². The van der Waals surface area contributed by atoms with Crippen LogP contribution in [0, 0.1) is 5.92 Å². The molecule has 0 saturated carbocycles. The number of carbonyl (C=O) groups is 2. The zero-order valence-electron chi connectivity index (χ0n) is 13.0. The highest BCUT2D eigenvalue weighted by Gasteiger charge is 2.39. The molecule has 0 aromatic rings. The van der Waals surface area contributed by atoms with E-state index in [1.807, 2.05) is 13.8 Å². The molecule has 7 heteroatoms. The van der Waals surface area contributed by atoms with Gasteiger partial charge in [0.25, 0.3) is 0 Å². The number of amides is 2. The molecule has 0 spiro atoms. The van der Waals surface area contributed by atoms with Crippen LogP contribution >= 0.6 is 0 Å². The lowest BCUT2D eigenvalue weighted by Crippen LogP contribution is -2.46. The number of likely N-dealkylation sites (tertiary alicyclic amines) is 1. The van der Waals surface area contributed by atoms with Gasteiger partial charge in [-0.15, -0.1) is 0 Å². The Morgan fingerprint density at radius 2 is 2.14 bits per heavy atom. The minimum absolute atomic E-state index is 0.132. The molecule has 7 nitrogen and oxygen atoms in total. The van der Waals surface area contributed by atoms with Gasteiger partial charge < -0.3 is 19.9 Å². The van der Waals surface area contributed by atoms with Crippen molar-refractivity contribution in [3.63, 3.8) is 0 Å². The molecule has 1 unspecified atom stereocenters. The van der Waals surface area contributed by atoms with Gasteiger partial charge in [-0.3, -0.25) is 9.69 Å². The fourth-order valence-corrected chi connectivity index (χ4v) is 2.13. The van der Waals surface area contributed by atoms with Gasteiger partial charge in [0.05, 0.1) is 19.3 Å². The van der Waals surface area contributed by atoms with Crippen molar-refractivity contribution in [1.82, 2.24) is 10.2 Å². The van der Waals surface area contributed by atoms with Crippen LogP contribution in [0.1, 0.15) is 26.7 Å². The van der Waals surface area contributed by atoms with Gasteiger partial charge in [-0.1, -0.05) is 13.8 Å². The lowest BCUT2D eigenvalue weighted by atomic mass is 10.2. The smallest absolute Gasteiger partial charge is 0.410 e.